The number of benzene rings is 1. The van der Waals surface area contributed by atoms with Gasteiger partial charge in [0.1, 0.15) is 0 Å². The lowest BCUT2D eigenvalue weighted by atomic mass is 10.1. The molecule has 0 amide bonds. The molecule has 5 nitrogen and oxygen atoms in total. The Hall–Kier alpha value is -0.860. The van der Waals surface area contributed by atoms with Crippen LogP contribution in [0.1, 0.15) is 38.9 Å². The molecule has 0 saturated heterocycles. The number of rotatable bonds is 11. The predicted octanol–water partition coefficient (Wildman–Crippen LogP) is 3.28. The highest BCUT2D eigenvalue weighted by atomic mass is 127. The third-order valence-electron chi connectivity index (χ3n) is 3.88. The molecule has 1 aromatic rings. The molecule has 25 heavy (non-hydrogen) atoms. The van der Waals surface area contributed by atoms with Gasteiger partial charge in [0.15, 0.2) is 5.96 Å². The summed E-state index contributed by atoms with van der Waals surface area (Å²) in [4.78, 5) is 6.87. The second-order valence-corrected chi connectivity index (χ2v) is 5.86. The number of nitrogens with one attached hydrogen (secondary N) is 2. The molecule has 0 aromatic heterocycles. The van der Waals surface area contributed by atoms with Crippen LogP contribution in [0.2, 0.25) is 0 Å². The fourth-order valence-electron chi connectivity index (χ4n) is 2.20. The van der Waals surface area contributed by atoms with Gasteiger partial charge in [0.25, 0.3) is 0 Å². The first kappa shape index (κ1) is 24.1. The van der Waals surface area contributed by atoms with E-state index in [1.165, 1.54) is 5.56 Å². The molecule has 0 aliphatic heterocycles. The molecule has 6 heteroatoms. The third kappa shape index (κ3) is 11.4. The lowest BCUT2D eigenvalue weighted by Gasteiger charge is -2.16. The Balaban J connectivity index is 0.00000576. The summed E-state index contributed by atoms with van der Waals surface area (Å²) in [5, 5.41) is 6.65. The number of hydrogen-bond donors (Lipinski definition) is 2. The average molecular weight is 462 g/mol. The van der Waals surface area contributed by atoms with Gasteiger partial charge in [0.05, 0.1) is 6.10 Å². The largest absolute Gasteiger partial charge is 0.374 e. The van der Waals surface area contributed by atoms with Gasteiger partial charge in [-0.15, -0.1) is 24.0 Å². The van der Waals surface area contributed by atoms with E-state index in [9.17, 15) is 0 Å². The van der Waals surface area contributed by atoms with E-state index in [1.807, 2.05) is 18.2 Å². The van der Waals surface area contributed by atoms with Crippen LogP contribution in [0.4, 0.5) is 0 Å². The van der Waals surface area contributed by atoms with Crippen LogP contribution in [-0.4, -0.2) is 57.2 Å². The van der Waals surface area contributed by atoms with Crippen molar-refractivity contribution in [2.24, 2.45) is 4.99 Å². The van der Waals surface area contributed by atoms with E-state index >= 15 is 0 Å². The topological polar surface area (TPSA) is 48.9 Å². The van der Waals surface area contributed by atoms with Gasteiger partial charge in [0.2, 0.25) is 0 Å². The molecule has 0 heterocycles. The molecule has 144 valence electrons. The van der Waals surface area contributed by atoms with E-state index in [2.05, 4.69) is 60.5 Å². The highest BCUT2D eigenvalue weighted by molar-refractivity contribution is 14.0. The van der Waals surface area contributed by atoms with Gasteiger partial charge in [-0.25, -0.2) is 0 Å². The van der Waals surface area contributed by atoms with Crippen molar-refractivity contribution in [1.82, 2.24) is 15.5 Å². The molecular formula is C19H35IN4O. The summed E-state index contributed by atoms with van der Waals surface area (Å²) >= 11 is 0. The lowest BCUT2D eigenvalue weighted by Crippen LogP contribution is -2.41. The second-order valence-electron chi connectivity index (χ2n) is 5.86. The molecule has 0 aliphatic carbocycles. The van der Waals surface area contributed by atoms with Crippen LogP contribution < -0.4 is 10.6 Å². The Kier molecular flexibility index (Phi) is 14.9. The van der Waals surface area contributed by atoms with Crippen LogP contribution in [0.25, 0.3) is 0 Å². The first-order valence-electron chi connectivity index (χ1n) is 9.04. The van der Waals surface area contributed by atoms with Gasteiger partial charge >= 0.3 is 0 Å². The summed E-state index contributed by atoms with van der Waals surface area (Å²) in [7, 11) is 2.12. The Morgan fingerprint density at radius 2 is 1.92 bits per heavy atom. The van der Waals surface area contributed by atoms with Gasteiger partial charge in [-0.1, -0.05) is 37.3 Å². The molecule has 0 spiro atoms. The Labute approximate surface area is 170 Å². The van der Waals surface area contributed by atoms with Gasteiger partial charge in [-0.3, -0.25) is 4.99 Å². The zero-order chi connectivity index (χ0) is 17.6. The molecule has 1 atom stereocenters. The molecule has 0 bridgehead atoms. The van der Waals surface area contributed by atoms with Crippen molar-refractivity contribution < 1.29 is 4.74 Å². The van der Waals surface area contributed by atoms with E-state index < -0.39 is 0 Å². The first-order chi connectivity index (χ1) is 11.7. The summed E-state index contributed by atoms with van der Waals surface area (Å²) in [5.74, 6) is 0.887. The minimum absolute atomic E-state index is 0. The second kappa shape index (κ2) is 15.4. The van der Waals surface area contributed by atoms with Crippen LogP contribution in [0, 0.1) is 0 Å². The van der Waals surface area contributed by atoms with Crippen molar-refractivity contribution in [3.63, 3.8) is 0 Å². The Morgan fingerprint density at radius 3 is 2.56 bits per heavy atom. The number of nitrogens with zero attached hydrogens (tertiary/aromatic N) is 2. The third-order valence-corrected chi connectivity index (χ3v) is 3.88. The Morgan fingerprint density at radius 1 is 1.20 bits per heavy atom. The quantitative estimate of drug-likeness (QED) is 0.229. The molecule has 1 unspecified atom stereocenters. The fourth-order valence-corrected chi connectivity index (χ4v) is 2.20. The maximum Gasteiger partial charge on any atom is 0.191 e. The van der Waals surface area contributed by atoms with Crippen LogP contribution >= 0.6 is 24.0 Å². The highest BCUT2D eigenvalue weighted by Gasteiger charge is 2.04. The number of aliphatic imine (C=N–C) groups is 1. The summed E-state index contributed by atoms with van der Waals surface area (Å²) in [6, 6.07) is 10.3. The summed E-state index contributed by atoms with van der Waals surface area (Å²) < 4.78 is 5.88. The molecule has 0 aliphatic rings. The maximum absolute atomic E-state index is 5.88. The summed E-state index contributed by atoms with van der Waals surface area (Å²) in [5.41, 5.74) is 1.22. The number of hydrogen-bond acceptors (Lipinski definition) is 3. The highest BCUT2D eigenvalue weighted by Crippen LogP contribution is 2.15. The van der Waals surface area contributed by atoms with Crippen molar-refractivity contribution in [1.29, 1.82) is 0 Å². The minimum atomic E-state index is 0. The predicted molar refractivity (Wildman–Crippen MR) is 118 cm³/mol. The number of ether oxygens (including phenoxy) is 1. The number of likely N-dealkylation sites (N-methyl/N-ethyl adjacent to an activating group) is 1. The average Bonchev–Trinajstić information content (AvgIpc) is 2.61. The summed E-state index contributed by atoms with van der Waals surface area (Å²) in [6.07, 6.45) is 1.05. The normalized spacial score (nSPS) is 12.6. The smallest absolute Gasteiger partial charge is 0.191 e. The van der Waals surface area contributed by atoms with E-state index in [0.29, 0.717) is 0 Å². The standard InChI is InChI=1S/C19H34N4O.HI/c1-5-20-19(22-14-15-23(4)6-2)21-13-10-16-24-17(3)18-11-8-7-9-12-18;/h7-9,11-12,17H,5-6,10,13-16H2,1-4H3,(H2,20,21,22);1H. The zero-order valence-electron chi connectivity index (χ0n) is 16.1. The fraction of sp³-hybridized carbons (Fsp3) is 0.632. The van der Waals surface area contributed by atoms with Gasteiger partial charge < -0.3 is 20.3 Å². The van der Waals surface area contributed by atoms with Gasteiger partial charge in [-0.05, 0) is 39.4 Å². The maximum atomic E-state index is 5.88. The van der Waals surface area contributed by atoms with Crippen molar-refractivity contribution in [3.8, 4) is 0 Å². The van der Waals surface area contributed by atoms with Crippen LogP contribution in [0.3, 0.4) is 0 Å². The summed E-state index contributed by atoms with van der Waals surface area (Å²) in [6.45, 7) is 11.7. The van der Waals surface area contributed by atoms with Crippen molar-refractivity contribution in [2.45, 2.75) is 33.3 Å². The van der Waals surface area contributed by atoms with Crippen molar-refractivity contribution in [3.05, 3.63) is 35.9 Å². The minimum Gasteiger partial charge on any atom is -0.374 e. The van der Waals surface area contributed by atoms with Gasteiger partial charge in [0, 0.05) is 32.8 Å². The van der Waals surface area contributed by atoms with Crippen molar-refractivity contribution >= 4 is 29.9 Å². The van der Waals surface area contributed by atoms with E-state index in [0.717, 1.165) is 51.7 Å². The molecule has 0 fully saturated rings. The van der Waals surface area contributed by atoms with Crippen LogP contribution in [0.5, 0.6) is 0 Å². The molecule has 0 radical (unpaired) electrons. The Bertz CT molecular complexity index is 456. The zero-order valence-corrected chi connectivity index (χ0v) is 18.5. The molecule has 2 N–H and O–H groups in total. The van der Waals surface area contributed by atoms with E-state index in [4.69, 9.17) is 4.74 Å². The molecular weight excluding hydrogens is 427 g/mol. The number of halogens is 1. The first-order valence-corrected chi connectivity index (χ1v) is 9.04. The lowest BCUT2D eigenvalue weighted by molar-refractivity contribution is 0.0652. The molecule has 0 saturated carbocycles. The number of guanidine groups is 1. The SMILES string of the molecule is CCNC(=NCCCOC(C)c1ccccc1)NCCN(C)CC.I. The van der Waals surface area contributed by atoms with Crippen LogP contribution in [0.15, 0.2) is 35.3 Å². The van der Waals surface area contributed by atoms with E-state index in [-0.39, 0.29) is 30.1 Å². The van der Waals surface area contributed by atoms with Crippen molar-refractivity contribution in [2.75, 3.05) is 46.4 Å². The van der Waals surface area contributed by atoms with Crippen LogP contribution in [-0.2, 0) is 4.74 Å². The molecule has 1 aromatic carbocycles. The molecule has 1 rings (SSSR count). The van der Waals surface area contributed by atoms with Gasteiger partial charge in [-0.2, -0.15) is 0 Å². The van der Waals surface area contributed by atoms with E-state index in [1.54, 1.807) is 0 Å². The monoisotopic (exact) mass is 462 g/mol.